The van der Waals surface area contributed by atoms with Crippen LogP contribution in [0, 0.1) is 20.8 Å². The number of benzene rings is 3. The molecule has 8 heteroatoms. The third-order valence-corrected chi connectivity index (χ3v) is 9.70. The number of nitrogens with zero attached hydrogens (tertiary/aromatic N) is 2. The van der Waals surface area contributed by atoms with Crippen molar-refractivity contribution >= 4 is 27.5 Å². The van der Waals surface area contributed by atoms with Crippen LogP contribution >= 0.6 is 0 Å². The summed E-state index contributed by atoms with van der Waals surface area (Å²) in [6, 6.07) is 22.7. The van der Waals surface area contributed by atoms with E-state index in [2.05, 4.69) is 5.32 Å². The number of nitrogens with one attached hydrogen (secondary N) is 1. The van der Waals surface area contributed by atoms with Crippen LogP contribution in [0.5, 0.6) is 0 Å². The number of rotatable bonds is 13. The van der Waals surface area contributed by atoms with Gasteiger partial charge in [-0.25, -0.2) is 8.42 Å². The summed E-state index contributed by atoms with van der Waals surface area (Å²) in [6.45, 7) is 6.42. The molecule has 230 valence electrons. The van der Waals surface area contributed by atoms with Gasteiger partial charge in [0.05, 0.1) is 11.9 Å². The van der Waals surface area contributed by atoms with Crippen LogP contribution in [-0.2, 0) is 32.6 Å². The van der Waals surface area contributed by atoms with Crippen molar-refractivity contribution in [1.82, 2.24) is 10.2 Å². The van der Waals surface area contributed by atoms with E-state index in [4.69, 9.17) is 0 Å². The second-order valence-electron chi connectivity index (χ2n) is 11.9. The van der Waals surface area contributed by atoms with E-state index in [1.165, 1.54) is 10.6 Å². The van der Waals surface area contributed by atoms with Crippen LogP contribution in [-0.4, -0.2) is 50.0 Å². The molecule has 3 aromatic carbocycles. The van der Waals surface area contributed by atoms with Gasteiger partial charge in [0.15, 0.2) is 0 Å². The molecule has 4 rings (SSSR count). The molecule has 7 nitrogen and oxygen atoms in total. The smallest absolute Gasteiger partial charge is 0.243 e. The number of carbonyl (C=O) groups excluding carboxylic acids is 2. The van der Waals surface area contributed by atoms with Crippen molar-refractivity contribution < 1.29 is 18.0 Å². The molecule has 1 saturated carbocycles. The Morgan fingerprint density at radius 1 is 0.884 bits per heavy atom. The van der Waals surface area contributed by atoms with Crippen LogP contribution in [0.2, 0.25) is 0 Å². The standard InChI is InChI=1S/C35H45N3O4S/c1-26-20-21-32(23-28(26)3)38(43(4,41)42)22-12-19-34(39)37(25-30-16-9-8-13-27(30)2)33(24-29-14-6-5-7-15-29)35(40)36-31-17-10-11-18-31/h5-9,13-16,20-21,23,31,33H,10-12,17-19,22,24-25H2,1-4H3,(H,36,40)/t33-/m1/s1. The highest BCUT2D eigenvalue weighted by atomic mass is 32.2. The summed E-state index contributed by atoms with van der Waals surface area (Å²) in [6.07, 6.45) is 6.13. The van der Waals surface area contributed by atoms with Crippen molar-refractivity contribution in [2.75, 3.05) is 17.1 Å². The van der Waals surface area contributed by atoms with Gasteiger partial charge in [0.25, 0.3) is 0 Å². The lowest BCUT2D eigenvalue weighted by Gasteiger charge is -2.33. The van der Waals surface area contributed by atoms with Crippen LogP contribution < -0.4 is 9.62 Å². The number of hydrogen-bond acceptors (Lipinski definition) is 4. The maximum atomic E-state index is 14.1. The Labute approximate surface area is 257 Å². The lowest BCUT2D eigenvalue weighted by molar-refractivity contribution is -0.141. The second-order valence-corrected chi connectivity index (χ2v) is 13.8. The van der Waals surface area contributed by atoms with Crippen molar-refractivity contribution in [3.63, 3.8) is 0 Å². The number of aryl methyl sites for hydroxylation is 3. The first kappa shape index (κ1) is 32.3. The van der Waals surface area contributed by atoms with Gasteiger partial charge in [-0.1, -0.05) is 73.5 Å². The molecular formula is C35H45N3O4S. The molecule has 0 spiro atoms. The Morgan fingerprint density at radius 3 is 2.21 bits per heavy atom. The van der Waals surface area contributed by atoms with Crippen LogP contribution in [0.3, 0.4) is 0 Å². The van der Waals surface area contributed by atoms with Crippen molar-refractivity contribution in [2.45, 2.75) is 84.3 Å². The quantitative estimate of drug-likeness (QED) is 0.265. The Kier molecular flexibility index (Phi) is 11.0. The zero-order valence-corrected chi connectivity index (χ0v) is 26.7. The molecule has 1 fully saturated rings. The molecule has 0 saturated heterocycles. The Morgan fingerprint density at radius 2 is 1.56 bits per heavy atom. The van der Waals surface area contributed by atoms with E-state index in [1.807, 2.05) is 87.5 Å². The van der Waals surface area contributed by atoms with E-state index in [-0.39, 0.29) is 30.8 Å². The lowest BCUT2D eigenvalue weighted by Crippen LogP contribution is -2.52. The van der Waals surface area contributed by atoms with Crippen LogP contribution in [0.25, 0.3) is 0 Å². The topological polar surface area (TPSA) is 86.8 Å². The molecule has 3 aromatic rings. The van der Waals surface area contributed by atoms with Crippen LogP contribution in [0.4, 0.5) is 5.69 Å². The normalized spacial score (nSPS) is 14.3. The first-order valence-electron chi connectivity index (χ1n) is 15.3. The van der Waals surface area contributed by atoms with E-state index in [1.54, 1.807) is 11.0 Å². The monoisotopic (exact) mass is 603 g/mol. The molecular weight excluding hydrogens is 558 g/mol. The molecule has 0 heterocycles. The number of hydrogen-bond donors (Lipinski definition) is 1. The van der Waals surface area contributed by atoms with Gasteiger partial charge in [0, 0.05) is 32.0 Å². The molecule has 0 unspecified atom stereocenters. The summed E-state index contributed by atoms with van der Waals surface area (Å²) in [5.74, 6) is -0.301. The summed E-state index contributed by atoms with van der Waals surface area (Å²) < 4.78 is 26.9. The van der Waals surface area contributed by atoms with E-state index in [0.29, 0.717) is 25.1 Å². The highest BCUT2D eigenvalue weighted by Gasteiger charge is 2.32. The summed E-state index contributed by atoms with van der Waals surface area (Å²) in [5.41, 5.74) is 5.69. The van der Waals surface area contributed by atoms with Crippen molar-refractivity contribution in [2.24, 2.45) is 0 Å². The minimum atomic E-state index is -3.56. The fourth-order valence-corrected chi connectivity index (χ4v) is 6.73. The fourth-order valence-electron chi connectivity index (χ4n) is 5.78. The van der Waals surface area contributed by atoms with Gasteiger partial charge in [0.1, 0.15) is 6.04 Å². The van der Waals surface area contributed by atoms with Crippen molar-refractivity contribution in [1.29, 1.82) is 0 Å². The fraction of sp³-hybridized carbons (Fsp3) is 0.429. The van der Waals surface area contributed by atoms with Crippen LogP contribution in [0.15, 0.2) is 72.8 Å². The van der Waals surface area contributed by atoms with Gasteiger partial charge in [-0.3, -0.25) is 13.9 Å². The summed E-state index contributed by atoms with van der Waals surface area (Å²) in [4.78, 5) is 29.7. The van der Waals surface area contributed by atoms with Crippen molar-refractivity contribution in [3.8, 4) is 0 Å². The minimum absolute atomic E-state index is 0.116. The van der Waals surface area contributed by atoms with Gasteiger partial charge in [-0.05, 0) is 80.0 Å². The Bertz CT molecular complexity index is 1500. The molecule has 2 amide bonds. The molecule has 0 aromatic heterocycles. The Balaban J connectivity index is 1.59. The molecule has 43 heavy (non-hydrogen) atoms. The van der Waals surface area contributed by atoms with E-state index < -0.39 is 16.1 Å². The number of carbonyl (C=O) groups is 2. The maximum Gasteiger partial charge on any atom is 0.243 e. The van der Waals surface area contributed by atoms with Crippen molar-refractivity contribution in [3.05, 3.63) is 101 Å². The number of amides is 2. The molecule has 1 N–H and O–H groups in total. The van der Waals surface area contributed by atoms with Gasteiger partial charge in [-0.2, -0.15) is 0 Å². The zero-order valence-electron chi connectivity index (χ0n) is 25.9. The predicted octanol–water partition coefficient (Wildman–Crippen LogP) is 5.86. The second kappa shape index (κ2) is 14.7. The first-order chi connectivity index (χ1) is 20.5. The Hall–Kier alpha value is -3.65. The third-order valence-electron chi connectivity index (χ3n) is 8.51. The number of anilines is 1. The summed E-state index contributed by atoms with van der Waals surface area (Å²) in [5, 5.41) is 3.24. The molecule has 1 atom stereocenters. The molecule has 1 aliphatic rings. The molecule has 1 aliphatic carbocycles. The third kappa shape index (κ3) is 8.92. The van der Waals surface area contributed by atoms with Gasteiger partial charge in [0.2, 0.25) is 21.8 Å². The molecule has 0 bridgehead atoms. The molecule has 0 radical (unpaired) electrons. The van der Waals surface area contributed by atoms with Crippen LogP contribution in [0.1, 0.15) is 66.3 Å². The largest absolute Gasteiger partial charge is 0.352 e. The highest BCUT2D eigenvalue weighted by molar-refractivity contribution is 7.92. The summed E-state index contributed by atoms with van der Waals surface area (Å²) >= 11 is 0. The average Bonchev–Trinajstić information content (AvgIpc) is 3.48. The zero-order chi connectivity index (χ0) is 31.0. The highest BCUT2D eigenvalue weighted by Crippen LogP contribution is 2.24. The number of sulfonamides is 1. The molecule has 0 aliphatic heterocycles. The lowest BCUT2D eigenvalue weighted by atomic mass is 10.0. The SMILES string of the molecule is Cc1ccc(N(CCCC(=O)N(Cc2ccccc2C)[C@H](Cc2ccccc2)C(=O)NC2CCCC2)S(C)(=O)=O)cc1C. The average molecular weight is 604 g/mol. The first-order valence-corrected chi connectivity index (χ1v) is 17.1. The van der Waals surface area contributed by atoms with E-state index in [0.717, 1.165) is 53.5 Å². The summed E-state index contributed by atoms with van der Waals surface area (Å²) in [7, 11) is -3.56. The maximum absolute atomic E-state index is 14.1. The van der Waals surface area contributed by atoms with Gasteiger partial charge in [-0.15, -0.1) is 0 Å². The van der Waals surface area contributed by atoms with E-state index in [9.17, 15) is 18.0 Å². The predicted molar refractivity (Wildman–Crippen MR) is 173 cm³/mol. The van der Waals surface area contributed by atoms with Gasteiger partial charge >= 0.3 is 0 Å². The minimum Gasteiger partial charge on any atom is -0.352 e. The van der Waals surface area contributed by atoms with Gasteiger partial charge < -0.3 is 10.2 Å². The van der Waals surface area contributed by atoms with E-state index >= 15 is 0 Å².